The molecular formula is C16H32N2O2. The van der Waals surface area contributed by atoms with Crippen LogP contribution in [0.5, 0.6) is 0 Å². The summed E-state index contributed by atoms with van der Waals surface area (Å²) in [6.45, 7) is 9.86. The van der Waals surface area contributed by atoms with Gasteiger partial charge in [-0.3, -0.25) is 4.79 Å². The SMILES string of the molecule is CNCC1CCCN(C(=O)CCOC(C)CC(C)C)C1. The van der Waals surface area contributed by atoms with Crippen LogP contribution in [-0.2, 0) is 9.53 Å². The molecule has 1 aliphatic rings. The van der Waals surface area contributed by atoms with Crippen molar-refractivity contribution in [2.24, 2.45) is 11.8 Å². The van der Waals surface area contributed by atoms with E-state index in [4.69, 9.17) is 4.74 Å². The quantitative estimate of drug-likeness (QED) is 0.743. The van der Waals surface area contributed by atoms with Crippen molar-refractivity contribution in [2.75, 3.05) is 33.3 Å². The highest BCUT2D eigenvalue weighted by Gasteiger charge is 2.22. The second kappa shape index (κ2) is 9.35. The summed E-state index contributed by atoms with van der Waals surface area (Å²) in [5.74, 6) is 1.51. The molecule has 1 heterocycles. The van der Waals surface area contributed by atoms with Crippen molar-refractivity contribution in [3.63, 3.8) is 0 Å². The molecule has 1 amide bonds. The van der Waals surface area contributed by atoms with Gasteiger partial charge in [0.25, 0.3) is 0 Å². The van der Waals surface area contributed by atoms with Crippen molar-refractivity contribution < 1.29 is 9.53 Å². The number of nitrogens with one attached hydrogen (secondary N) is 1. The first-order valence-electron chi connectivity index (χ1n) is 8.06. The minimum Gasteiger partial charge on any atom is -0.378 e. The fraction of sp³-hybridized carbons (Fsp3) is 0.938. The van der Waals surface area contributed by atoms with Crippen LogP contribution in [0.2, 0.25) is 0 Å². The van der Waals surface area contributed by atoms with E-state index in [1.54, 1.807) is 0 Å². The van der Waals surface area contributed by atoms with Crippen LogP contribution in [0.3, 0.4) is 0 Å². The number of piperidine rings is 1. The maximum absolute atomic E-state index is 12.2. The maximum atomic E-state index is 12.2. The average Bonchev–Trinajstić information content (AvgIpc) is 2.38. The summed E-state index contributed by atoms with van der Waals surface area (Å²) in [6.07, 6.45) is 4.19. The smallest absolute Gasteiger partial charge is 0.224 e. The number of nitrogens with zero attached hydrogens (tertiary/aromatic N) is 1. The summed E-state index contributed by atoms with van der Waals surface area (Å²) in [6, 6.07) is 0. The van der Waals surface area contributed by atoms with Crippen molar-refractivity contribution in [3.8, 4) is 0 Å². The summed E-state index contributed by atoms with van der Waals surface area (Å²) in [5.41, 5.74) is 0. The van der Waals surface area contributed by atoms with Crippen molar-refractivity contribution in [3.05, 3.63) is 0 Å². The predicted octanol–water partition coefficient (Wildman–Crippen LogP) is 2.29. The van der Waals surface area contributed by atoms with Crippen LogP contribution < -0.4 is 5.32 Å². The second-order valence-electron chi connectivity index (χ2n) is 6.47. The van der Waals surface area contributed by atoms with E-state index in [2.05, 4.69) is 26.1 Å². The Hall–Kier alpha value is -0.610. The third kappa shape index (κ3) is 6.71. The summed E-state index contributed by atoms with van der Waals surface area (Å²) in [4.78, 5) is 14.2. The lowest BCUT2D eigenvalue weighted by Gasteiger charge is -2.33. The molecule has 1 aliphatic heterocycles. The minimum atomic E-state index is 0.251. The Balaban J connectivity index is 2.21. The molecule has 1 N–H and O–H groups in total. The first-order valence-corrected chi connectivity index (χ1v) is 8.06. The van der Waals surface area contributed by atoms with Gasteiger partial charge in [-0.1, -0.05) is 13.8 Å². The zero-order valence-electron chi connectivity index (χ0n) is 13.7. The number of likely N-dealkylation sites (tertiary alicyclic amines) is 1. The van der Waals surface area contributed by atoms with E-state index >= 15 is 0 Å². The summed E-state index contributed by atoms with van der Waals surface area (Å²) >= 11 is 0. The van der Waals surface area contributed by atoms with Gasteiger partial charge < -0.3 is 15.0 Å². The van der Waals surface area contributed by atoms with Crippen LogP contribution >= 0.6 is 0 Å². The lowest BCUT2D eigenvalue weighted by molar-refractivity contribution is -0.134. The third-order valence-electron chi connectivity index (χ3n) is 3.89. The number of ether oxygens (including phenoxy) is 1. The first kappa shape index (κ1) is 17.4. The molecule has 0 saturated carbocycles. The van der Waals surface area contributed by atoms with Gasteiger partial charge in [0, 0.05) is 13.1 Å². The number of hydrogen-bond donors (Lipinski definition) is 1. The van der Waals surface area contributed by atoms with Gasteiger partial charge in [-0.05, 0) is 51.6 Å². The lowest BCUT2D eigenvalue weighted by Crippen LogP contribution is -2.42. The highest BCUT2D eigenvalue weighted by molar-refractivity contribution is 5.76. The molecule has 4 nitrogen and oxygen atoms in total. The Morgan fingerprint density at radius 1 is 1.40 bits per heavy atom. The molecule has 0 spiro atoms. The molecule has 1 rings (SSSR count). The highest BCUT2D eigenvalue weighted by atomic mass is 16.5. The molecule has 118 valence electrons. The van der Waals surface area contributed by atoms with Crippen molar-refractivity contribution in [1.82, 2.24) is 10.2 Å². The summed E-state index contributed by atoms with van der Waals surface area (Å²) < 4.78 is 5.73. The van der Waals surface area contributed by atoms with Gasteiger partial charge in [-0.15, -0.1) is 0 Å². The Morgan fingerprint density at radius 3 is 2.80 bits per heavy atom. The Kier molecular flexibility index (Phi) is 8.15. The van der Waals surface area contributed by atoms with Crippen molar-refractivity contribution in [1.29, 1.82) is 0 Å². The Labute approximate surface area is 124 Å². The monoisotopic (exact) mass is 284 g/mol. The van der Waals surface area contributed by atoms with E-state index in [1.807, 2.05) is 11.9 Å². The van der Waals surface area contributed by atoms with Crippen molar-refractivity contribution in [2.45, 2.75) is 52.6 Å². The van der Waals surface area contributed by atoms with E-state index in [0.29, 0.717) is 24.9 Å². The van der Waals surface area contributed by atoms with Gasteiger partial charge in [0.2, 0.25) is 5.91 Å². The topological polar surface area (TPSA) is 41.6 Å². The molecule has 0 aromatic rings. The first-order chi connectivity index (χ1) is 9.52. The van der Waals surface area contributed by atoms with Crippen LogP contribution in [-0.4, -0.2) is 50.2 Å². The molecule has 1 fully saturated rings. The molecule has 2 atom stereocenters. The molecule has 0 aromatic heterocycles. The number of hydrogen-bond acceptors (Lipinski definition) is 3. The summed E-state index contributed by atoms with van der Waals surface area (Å²) in [5, 5.41) is 3.21. The average molecular weight is 284 g/mol. The van der Waals surface area contributed by atoms with Gasteiger partial charge in [0.15, 0.2) is 0 Å². The predicted molar refractivity (Wildman–Crippen MR) is 82.7 cm³/mol. The lowest BCUT2D eigenvalue weighted by atomic mass is 9.98. The Morgan fingerprint density at radius 2 is 2.15 bits per heavy atom. The molecule has 20 heavy (non-hydrogen) atoms. The van der Waals surface area contributed by atoms with Gasteiger partial charge in [-0.2, -0.15) is 0 Å². The minimum absolute atomic E-state index is 0.251. The van der Waals surface area contributed by atoms with Crippen LogP contribution in [0.15, 0.2) is 0 Å². The van der Waals surface area contributed by atoms with Gasteiger partial charge in [-0.25, -0.2) is 0 Å². The van der Waals surface area contributed by atoms with Gasteiger partial charge >= 0.3 is 0 Å². The molecule has 0 aliphatic carbocycles. The third-order valence-corrected chi connectivity index (χ3v) is 3.89. The van der Waals surface area contributed by atoms with E-state index in [-0.39, 0.29) is 12.0 Å². The van der Waals surface area contributed by atoms with Crippen LogP contribution in [0.1, 0.15) is 46.5 Å². The summed E-state index contributed by atoms with van der Waals surface area (Å²) in [7, 11) is 1.98. The van der Waals surface area contributed by atoms with E-state index in [0.717, 1.165) is 32.5 Å². The zero-order chi connectivity index (χ0) is 15.0. The van der Waals surface area contributed by atoms with Gasteiger partial charge in [0.1, 0.15) is 0 Å². The molecule has 4 heteroatoms. The van der Waals surface area contributed by atoms with Crippen LogP contribution in [0.4, 0.5) is 0 Å². The molecular weight excluding hydrogens is 252 g/mol. The van der Waals surface area contributed by atoms with E-state index in [1.165, 1.54) is 6.42 Å². The Bertz CT molecular complexity index is 280. The molecule has 0 aromatic carbocycles. The fourth-order valence-corrected chi connectivity index (χ4v) is 2.98. The van der Waals surface area contributed by atoms with Gasteiger partial charge in [0.05, 0.1) is 19.1 Å². The maximum Gasteiger partial charge on any atom is 0.224 e. The fourth-order valence-electron chi connectivity index (χ4n) is 2.98. The number of rotatable bonds is 8. The number of carbonyl (C=O) groups excluding carboxylic acids is 1. The number of amides is 1. The van der Waals surface area contributed by atoms with Crippen LogP contribution in [0.25, 0.3) is 0 Å². The molecule has 1 saturated heterocycles. The standard InChI is InChI=1S/C16H32N2O2/c1-13(2)10-14(3)20-9-7-16(19)18-8-5-6-15(12-18)11-17-4/h13-15,17H,5-12H2,1-4H3. The normalized spacial score (nSPS) is 21.2. The van der Waals surface area contributed by atoms with Crippen LogP contribution in [0, 0.1) is 11.8 Å². The van der Waals surface area contributed by atoms with Crippen molar-refractivity contribution >= 4 is 5.91 Å². The van der Waals surface area contributed by atoms with E-state index in [9.17, 15) is 4.79 Å². The van der Waals surface area contributed by atoms with E-state index < -0.39 is 0 Å². The number of carbonyl (C=O) groups is 1. The molecule has 0 bridgehead atoms. The molecule has 2 unspecified atom stereocenters. The highest BCUT2D eigenvalue weighted by Crippen LogP contribution is 2.16. The second-order valence-corrected chi connectivity index (χ2v) is 6.47. The molecule has 0 radical (unpaired) electrons. The zero-order valence-corrected chi connectivity index (χ0v) is 13.7. The largest absolute Gasteiger partial charge is 0.378 e.